The molecule has 4 heterocycles. The predicted octanol–water partition coefficient (Wildman–Crippen LogP) is 6.55. The Balaban J connectivity index is 0.00000212. The van der Waals surface area contributed by atoms with Crippen LogP contribution in [0.25, 0.3) is 27.8 Å². The molecule has 1 fully saturated rings. The van der Waals surface area contributed by atoms with E-state index in [1.807, 2.05) is 16.5 Å². The van der Waals surface area contributed by atoms with Crippen molar-refractivity contribution in [3.05, 3.63) is 85.1 Å². The number of hydrogen-bond acceptors (Lipinski definition) is 8. The third kappa shape index (κ3) is 6.61. The first-order valence-electron chi connectivity index (χ1n) is 12.6. The molecule has 0 spiro atoms. The van der Waals surface area contributed by atoms with Crippen LogP contribution in [-0.4, -0.2) is 51.7 Å². The number of nitrogens with one attached hydrogen (secondary N) is 2. The van der Waals surface area contributed by atoms with E-state index in [1.165, 1.54) is 13.2 Å². The number of hydrogen-bond donors (Lipinski definition) is 2. The second-order valence-corrected chi connectivity index (χ2v) is 9.90. The molecule has 0 radical (unpaired) electrons. The summed E-state index contributed by atoms with van der Waals surface area (Å²) in [7, 11) is 1.53. The molecule has 218 valence electrons. The van der Waals surface area contributed by atoms with Gasteiger partial charge in [-0.05, 0) is 28.8 Å². The van der Waals surface area contributed by atoms with Gasteiger partial charge in [-0.1, -0.05) is 23.2 Å². The van der Waals surface area contributed by atoms with Gasteiger partial charge in [0.1, 0.15) is 17.5 Å². The molecular weight excluding hydrogens is 817 g/mol. The Bertz CT molecular complexity index is 1810. The molecule has 1 aliphatic heterocycles. The Morgan fingerprint density at radius 2 is 2.07 bits per heavy atom. The minimum Gasteiger partial charge on any atom is -0.553 e. The Labute approximate surface area is 282 Å². The maximum Gasteiger partial charge on any atom is 2.00 e. The van der Waals surface area contributed by atoms with E-state index >= 15 is 0 Å². The summed E-state index contributed by atoms with van der Waals surface area (Å²) in [6.45, 7) is 4.73. The van der Waals surface area contributed by atoms with Gasteiger partial charge in [-0.2, -0.15) is 11.1 Å². The zero-order chi connectivity index (χ0) is 28.5. The van der Waals surface area contributed by atoms with Gasteiger partial charge in [0.25, 0.3) is 0 Å². The van der Waals surface area contributed by atoms with E-state index in [0.717, 1.165) is 6.42 Å². The number of fused-ring (bicyclic) bond motifs is 3. The van der Waals surface area contributed by atoms with Gasteiger partial charge in [0.15, 0.2) is 5.65 Å². The predicted molar refractivity (Wildman–Crippen MR) is 164 cm³/mol. The van der Waals surface area contributed by atoms with Crippen molar-refractivity contribution in [3.8, 4) is 22.6 Å². The molecule has 1 aliphatic rings. The van der Waals surface area contributed by atoms with Crippen LogP contribution in [0.5, 0.6) is 11.5 Å². The molecule has 1 amide bonds. The molecule has 0 aliphatic carbocycles. The molecular formula is C30H26Cl2N6O4U. The largest absolute Gasteiger partial charge is 2.00 e. The zero-order valence-electron chi connectivity index (χ0n) is 23.3. The summed E-state index contributed by atoms with van der Waals surface area (Å²) in [4.78, 5) is 26.0. The maximum atomic E-state index is 12.2. The van der Waals surface area contributed by atoms with Crippen molar-refractivity contribution in [1.82, 2.24) is 19.4 Å². The van der Waals surface area contributed by atoms with Crippen LogP contribution in [0.1, 0.15) is 6.42 Å². The number of nitrogens with zero attached hydrogens (tertiary/aromatic N) is 4. The summed E-state index contributed by atoms with van der Waals surface area (Å²) < 4.78 is 18.6. The molecule has 10 nitrogen and oxygen atoms in total. The topological polar surface area (TPSA) is 112 Å². The summed E-state index contributed by atoms with van der Waals surface area (Å²) in [6, 6.07) is 11.8. The van der Waals surface area contributed by atoms with E-state index in [9.17, 15) is 4.79 Å². The number of anilines is 3. The van der Waals surface area contributed by atoms with Crippen molar-refractivity contribution < 1.29 is 50.1 Å². The first-order valence-corrected chi connectivity index (χ1v) is 13.4. The van der Waals surface area contributed by atoms with Gasteiger partial charge >= 0.3 is 31.1 Å². The van der Waals surface area contributed by atoms with Crippen LogP contribution in [-0.2, 0) is 9.53 Å². The third-order valence-corrected chi connectivity index (χ3v) is 7.22. The molecule has 43 heavy (non-hydrogen) atoms. The molecule has 0 unspecified atom stereocenters. The van der Waals surface area contributed by atoms with Crippen molar-refractivity contribution in [1.29, 1.82) is 0 Å². The van der Waals surface area contributed by atoms with E-state index in [-0.39, 0.29) is 50.6 Å². The summed E-state index contributed by atoms with van der Waals surface area (Å²) in [5, 5.41) is 7.42. The Morgan fingerprint density at radius 1 is 1.23 bits per heavy atom. The fourth-order valence-corrected chi connectivity index (χ4v) is 5.22. The van der Waals surface area contributed by atoms with Gasteiger partial charge in [0, 0.05) is 42.2 Å². The van der Waals surface area contributed by atoms with Crippen LogP contribution in [0.4, 0.5) is 17.3 Å². The normalized spacial score (nSPS) is 14.1. The van der Waals surface area contributed by atoms with Crippen LogP contribution in [0.2, 0.25) is 10.0 Å². The van der Waals surface area contributed by atoms with Crippen molar-refractivity contribution in [2.45, 2.75) is 12.5 Å². The number of imidazole rings is 1. The molecule has 0 saturated carbocycles. The molecule has 2 N–H and O–H groups in total. The molecule has 0 bridgehead atoms. The van der Waals surface area contributed by atoms with Gasteiger partial charge in [0.2, 0.25) is 11.9 Å². The number of aromatic nitrogens is 4. The average Bonchev–Trinajstić information content (AvgIpc) is 3.67. The van der Waals surface area contributed by atoms with E-state index in [0.29, 0.717) is 79.9 Å². The fraction of sp³-hybridized carbons (Fsp3) is 0.167. The number of ether oxygens (including phenoxy) is 3. The molecule has 5 aromatic rings. The number of carbonyl (C=O) groups excluding carboxylic acids is 1. The fourth-order valence-electron chi connectivity index (χ4n) is 4.60. The first-order chi connectivity index (χ1) is 19.9. The number of rotatable bonds is 8. The summed E-state index contributed by atoms with van der Waals surface area (Å²) >= 11 is 13.2. The van der Waals surface area contributed by atoms with E-state index in [2.05, 4.69) is 33.2 Å². The summed E-state index contributed by atoms with van der Waals surface area (Å²) in [5.74, 6) is 0.982. The molecule has 1 saturated heterocycles. The van der Waals surface area contributed by atoms with Crippen molar-refractivity contribution in [2.24, 2.45) is 0 Å². The number of benzene rings is 2. The third-order valence-electron chi connectivity index (χ3n) is 6.55. The molecule has 2 aromatic carbocycles. The number of methoxy groups -OCH3 is 1. The second-order valence-electron chi connectivity index (χ2n) is 9.14. The van der Waals surface area contributed by atoms with Gasteiger partial charge in [-0.15, -0.1) is 29.3 Å². The van der Waals surface area contributed by atoms with Gasteiger partial charge in [-0.25, -0.2) is 9.97 Å². The Morgan fingerprint density at radius 3 is 2.81 bits per heavy atom. The maximum absolute atomic E-state index is 12.2. The minimum absolute atomic E-state index is 0. The minimum atomic E-state index is -0.367. The Kier molecular flexibility index (Phi) is 10.6. The smallest absolute Gasteiger partial charge is 0.553 e. The van der Waals surface area contributed by atoms with Crippen molar-refractivity contribution in [3.63, 3.8) is 0 Å². The van der Waals surface area contributed by atoms with Gasteiger partial charge in [-0.3, -0.25) is 9.20 Å². The van der Waals surface area contributed by atoms with Crippen LogP contribution >= 0.6 is 23.2 Å². The SMILES string of the molecule is C=CC(=O)Nc1cc(O[C@@H]2CCOC2)ccc1Nc1ncc2cc(-c3c(Cl)[c-]cc(OC)c3Cl)c3nccn3c2n1.[CH3-].[U+2]. The molecule has 1 atom stereocenters. The Hall–Kier alpha value is -3.33. The van der Waals surface area contributed by atoms with E-state index < -0.39 is 0 Å². The summed E-state index contributed by atoms with van der Waals surface area (Å²) in [6.07, 6.45) is 7.09. The standard InChI is InChI=1S/C29H23Cl2N6O4.CH3.U/c1-3-24(38)34-22-13-17(41-18-8-11-40-15-18)4-6-21(22)35-29-33-14-16-12-19(28-32-9-10-37(28)27(16)36-29)25-20(30)5-7-23(39-2)26(25)31;;/h3-4,6-7,9-10,12-14,18H,1,8,11,15H2,2H3,(H,34,38)(H,33,35,36);1H3;/q2*-1;+2/t18-;;/m1../s1. The van der Waals surface area contributed by atoms with Crippen LogP contribution < -0.4 is 20.1 Å². The zero-order valence-corrected chi connectivity index (χ0v) is 29.0. The van der Waals surface area contributed by atoms with E-state index in [1.54, 1.807) is 36.8 Å². The molecule has 3 aromatic heterocycles. The van der Waals surface area contributed by atoms with E-state index in [4.69, 9.17) is 42.4 Å². The second kappa shape index (κ2) is 14.0. The summed E-state index contributed by atoms with van der Waals surface area (Å²) in [5.41, 5.74) is 3.45. The van der Waals surface area contributed by atoms with Gasteiger partial charge < -0.3 is 32.3 Å². The number of pyridine rings is 1. The molecule has 13 heteroatoms. The van der Waals surface area contributed by atoms with Crippen LogP contribution in [0.3, 0.4) is 0 Å². The first kappa shape index (κ1) is 32.6. The quantitative estimate of drug-likeness (QED) is 0.134. The average molecular weight is 844 g/mol. The van der Waals surface area contributed by atoms with Gasteiger partial charge in [0.05, 0.1) is 31.7 Å². The number of halogens is 2. The monoisotopic (exact) mass is 842 g/mol. The number of carbonyl (C=O) groups is 1. The van der Waals surface area contributed by atoms with Crippen molar-refractivity contribution in [2.75, 3.05) is 31.0 Å². The molecule has 6 rings (SSSR count). The van der Waals surface area contributed by atoms with Crippen LogP contribution in [0, 0.1) is 44.6 Å². The number of amides is 1. The van der Waals surface area contributed by atoms with Crippen molar-refractivity contribution >= 4 is 63.1 Å². The van der Waals surface area contributed by atoms with Crippen LogP contribution in [0.15, 0.2) is 61.6 Å².